The number of piperazine rings is 1. The summed E-state index contributed by atoms with van der Waals surface area (Å²) in [5, 5.41) is 17.2. The van der Waals surface area contributed by atoms with Crippen LogP contribution < -0.4 is 10.6 Å². The Kier molecular flexibility index (Phi) is 8.11. The first kappa shape index (κ1) is 21.1. The number of likely N-dealkylation sites (tertiary alicyclic amines) is 1. The van der Waals surface area contributed by atoms with Crippen molar-refractivity contribution in [2.24, 2.45) is 0 Å². The highest BCUT2D eigenvalue weighted by atomic mass is 16.3. The van der Waals surface area contributed by atoms with Gasteiger partial charge in [0.1, 0.15) is 0 Å². The lowest BCUT2D eigenvalue weighted by Crippen LogP contribution is -2.65. The molecule has 6 nitrogen and oxygen atoms in total. The van der Waals surface area contributed by atoms with Crippen molar-refractivity contribution in [2.75, 3.05) is 52.4 Å². The summed E-state index contributed by atoms with van der Waals surface area (Å²) in [6, 6.07) is 0.869. The minimum absolute atomic E-state index is 0.00107. The second kappa shape index (κ2) is 9.62. The number of nitrogens with one attached hydrogen (secondary N) is 2. The smallest absolute Gasteiger partial charge is 0.161 e. The number of likely N-dealkylation sites (N-methyl/N-ethyl adjacent to an activating group) is 1. The molecule has 0 aliphatic carbocycles. The van der Waals surface area contributed by atoms with Gasteiger partial charge in [0.15, 0.2) is 6.35 Å². The van der Waals surface area contributed by atoms with Gasteiger partial charge in [0.25, 0.3) is 0 Å². The van der Waals surface area contributed by atoms with Crippen molar-refractivity contribution in [2.45, 2.75) is 71.4 Å². The molecule has 0 amide bonds. The molecule has 0 aromatic carbocycles. The van der Waals surface area contributed by atoms with E-state index in [1.165, 1.54) is 0 Å². The van der Waals surface area contributed by atoms with Crippen LogP contribution in [0.5, 0.6) is 0 Å². The van der Waals surface area contributed by atoms with Gasteiger partial charge in [0.05, 0.1) is 0 Å². The van der Waals surface area contributed by atoms with Crippen molar-refractivity contribution in [1.29, 1.82) is 0 Å². The van der Waals surface area contributed by atoms with Crippen LogP contribution in [0.2, 0.25) is 0 Å². The molecule has 2 aliphatic heterocycles. The van der Waals surface area contributed by atoms with Crippen LogP contribution in [0, 0.1) is 0 Å². The fraction of sp³-hybridized carbons (Fsp3) is 1.00. The molecule has 2 rings (SSSR count). The Balaban J connectivity index is 1.97. The van der Waals surface area contributed by atoms with E-state index < -0.39 is 6.35 Å². The Labute approximate surface area is 154 Å². The van der Waals surface area contributed by atoms with E-state index in [0.29, 0.717) is 6.04 Å². The number of aliphatic hydroxyl groups excluding tert-OH is 1. The summed E-state index contributed by atoms with van der Waals surface area (Å²) in [4.78, 5) is 7.66. The van der Waals surface area contributed by atoms with Gasteiger partial charge < -0.3 is 14.9 Å². The van der Waals surface area contributed by atoms with Gasteiger partial charge in [-0.1, -0.05) is 6.92 Å². The average Bonchev–Trinajstić information content (AvgIpc) is 2.55. The van der Waals surface area contributed by atoms with E-state index in [2.05, 4.69) is 60.0 Å². The summed E-state index contributed by atoms with van der Waals surface area (Å²) in [6.07, 6.45) is 1.55. The third kappa shape index (κ3) is 6.45. The van der Waals surface area contributed by atoms with Gasteiger partial charge in [0.2, 0.25) is 0 Å². The van der Waals surface area contributed by atoms with Gasteiger partial charge >= 0.3 is 0 Å². The van der Waals surface area contributed by atoms with E-state index in [1.54, 1.807) is 0 Å². The lowest BCUT2D eigenvalue weighted by atomic mass is 9.86. The molecule has 148 valence electrons. The Hall–Kier alpha value is -0.240. The number of aliphatic hydroxyl groups is 1. The molecule has 6 heteroatoms. The molecule has 0 bridgehead atoms. The summed E-state index contributed by atoms with van der Waals surface area (Å²) < 4.78 is 0. The molecule has 0 spiro atoms. The molecule has 3 N–H and O–H groups in total. The molecule has 0 radical (unpaired) electrons. The van der Waals surface area contributed by atoms with E-state index in [9.17, 15) is 5.11 Å². The second-order valence-corrected chi connectivity index (χ2v) is 8.49. The molecule has 0 saturated carbocycles. The molecule has 0 aromatic heterocycles. The number of hydrogen-bond donors (Lipinski definition) is 3. The SMILES string of the molecule is CCN1CCN(CC2(NC(O)NC(C)C)CCN(C(C)C)CC2)CC1. The van der Waals surface area contributed by atoms with Crippen LogP contribution in [0.25, 0.3) is 0 Å². The maximum atomic E-state index is 10.5. The first-order chi connectivity index (χ1) is 11.8. The zero-order chi connectivity index (χ0) is 18.4. The summed E-state index contributed by atoms with van der Waals surface area (Å²) in [5.41, 5.74) is 0.00107. The fourth-order valence-electron chi connectivity index (χ4n) is 4.16. The normalized spacial score (nSPS) is 25.0. The van der Waals surface area contributed by atoms with Gasteiger partial charge in [-0.2, -0.15) is 0 Å². The van der Waals surface area contributed by atoms with E-state index in [-0.39, 0.29) is 11.6 Å². The predicted molar refractivity (Wildman–Crippen MR) is 105 cm³/mol. The van der Waals surface area contributed by atoms with Crippen molar-refractivity contribution in [3.05, 3.63) is 0 Å². The Bertz CT molecular complexity index is 374. The van der Waals surface area contributed by atoms with Crippen molar-refractivity contribution >= 4 is 0 Å². The Morgan fingerprint density at radius 1 is 0.920 bits per heavy atom. The van der Waals surface area contributed by atoms with Crippen molar-refractivity contribution in [1.82, 2.24) is 25.3 Å². The van der Waals surface area contributed by atoms with Gasteiger partial charge in [-0.25, -0.2) is 0 Å². The molecule has 2 fully saturated rings. The highest BCUT2D eigenvalue weighted by Gasteiger charge is 2.38. The molecule has 2 aliphatic rings. The van der Waals surface area contributed by atoms with Crippen LogP contribution in [-0.2, 0) is 0 Å². The highest BCUT2D eigenvalue weighted by molar-refractivity contribution is 4.97. The van der Waals surface area contributed by atoms with Crippen molar-refractivity contribution in [3.63, 3.8) is 0 Å². The van der Waals surface area contributed by atoms with Crippen LogP contribution in [-0.4, -0.2) is 96.1 Å². The number of rotatable bonds is 8. The second-order valence-electron chi connectivity index (χ2n) is 8.49. The molecule has 1 atom stereocenters. The molecule has 0 aromatic rings. The number of hydrogen-bond acceptors (Lipinski definition) is 6. The van der Waals surface area contributed by atoms with E-state index >= 15 is 0 Å². The molecular weight excluding hydrogens is 314 g/mol. The molecule has 2 saturated heterocycles. The fourth-order valence-corrected chi connectivity index (χ4v) is 4.16. The van der Waals surface area contributed by atoms with E-state index in [0.717, 1.165) is 65.2 Å². The number of piperidine rings is 1. The molecule has 25 heavy (non-hydrogen) atoms. The lowest BCUT2D eigenvalue weighted by Gasteiger charge is -2.48. The third-order valence-corrected chi connectivity index (χ3v) is 5.86. The van der Waals surface area contributed by atoms with Crippen LogP contribution in [0.1, 0.15) is 47.5 Å². The van der Waals surface area contributed by atoms with Crippen LogP contribution >= 0.6 is 0 Å². The summed E-state index contributed by atoms with van der Waals surface area (Å²) in [6.45, 7) is 19.9. The van der Waals surface area contributed by atoms with E-state index in [4.69, 9.17) is 0 Å². The summed E-state index contributed by atoms with van der Waals surface area (Å²) >= 11 is 0. The molecule has 2 heterocycles. The van der Waals surface area contributed by atoms with Crippen molar-refractivity contribution < 1.29 is 5.11 Å². The maximum Gasteiger partial charge on any atom is 0.161 e. The van der Waals surface area contributed by atoms with Gasteiger partial charge in [-0.05, 0) is 47.1 Å². The minimum Gasteiger partial charge on any atom is -0.365 e. The summed E-state index contributed by atoms with van der Waals surface area (Å²) in [5.74, 6) is 0. The van der Waals surface area contributed by atoms with Crippen LogP contribution in [0.15, 0.2) is 0 Å². The summed E-state index contributed by atoms with van der Waals surface area (Å²) in [7, 11) is 0. The Morgan fingerprint density at radius 2 is 1.48 bits per heavy atom. The zero-order valence-corrected chi connectivity index (χ0v) is 17.1. The molecular formula is C19H41N5O. The average molecular weight is 356 g/mol. The number of nitrogens with zero attached hydrogens (tertiary/aromatic N) is 3. The first-order valence-corrected chi connectivity index (χ1v) is 10.2. The lowest BCUT2D eigenvalue weighted by molar-refractivity contribution is -0.000182. The highest BCUT2D eigenvalue weighted by Crippen LogP contribution is 2.26. The predicted octanol–water partition coefficient (Wildman–Crippen LogP) is 0.730. The molecule has 1 unspecified atom stereocenters. The first-order valence-electron chi connectivity index (χ1n) is 10.2. The van der Waals surface area contributed by atoms with Crippen molar-refractivity contribution in [3.8, 4) is 0 Å². The maximum absolute atomic E-state index is 10.5. The van der Waals surface area contributed by atoms with Gasteiger partial charge in [-0.15, -0.1) is 0 Å². The van der Waals surface area contributed by atoms with E-state index in [1.807, 2.05) is 0 Å². The minimum atomic E-state index is -0.637. The topological polar surface area (TPSA) is 54.0 Å². The van der Waals surface area contributed by atoms with Gasteiger partial charge in [0, 0.05) is 63.4 Å². The quantitative estimate of drug-likeness (QED) is 0.558. The zero-order valence-electron chi connectivity index (χ0n) is 17.1. The van der Waals surface area contributed by atoms with Crippen LogP contribution in [0.3, 0.4) is 0 Å². The largest absolute Gasteiger partial charge is 0.365 e. The monoisotopic (exact) mass is 355 g/mol. The third-order valence-electron chi connectivity index (χ3n) is 5.86. The Morgan fingerprint density at radius 3 is 1.96 bits per heavy atom. The van der Waals surface area contributed by atoms with Crippen LogP contribution in [0.4, 0.5) is 0 Å². The standard InChI is InChI=1S/C19H41N5O/c1-6-22-11-13-23(14-12-22)15-19(21-18(25)20-16(2)3)7-9-24(10-8-19)17(4)5/h16-18,20-21,25H,6-15H2,1-5H3. The van der Waals surface area contributed by atoms with Gasteiger partial charge in [-0.3, -0.25) is 15.5 Å².